The monoisotopic (exact) mass is 454 g/mol. The first-order chi connectivity index (χ1) is 15.6. The maximum atomic E-state index is 13.2. The topological polar surface area (TPSA) is 61.8 Å². The summed E-state index contributed by atoms with van der Waals surface area (Å²) >= 11 is 0. The van der Waals surface area contributed by atoms with Crippen molar-refractivity contribution < 1.29 is 23.8 Å². The molecular weight excluding hydrogens is 416 g/mol. The number of benzene rings is 1. The molecule has 0 N–H and O–H groups in total. The van der Waals surface area contributed by atoms with Crippen LogP contribution in [0, 0.1) is 23.2 Å². The van der Waals surface area contributed by atoms with Crippen molar-refractivity contribution >= 4 is 11.8 Å². The third kappa shape index (κ3) is 5.40. The molecule has 180 valence electrons. The molecule has 0 bridgehead atoms. The summed E-state index contributed by atoms with van der Waals surface area (Å²) in [6.45, 7) is 10.3. The van der Waals surface area contributed by atoms with Crippen molar-refractivity contribution in [3.05, 3.63) is 53.1 Å². The van der Waals surface area contributed by atoms with Gasteiger partial charge in [0.25, 0.3) is 0 Å². The fraction of sp³-hybridized carbons (Fsp3) is 0.571. The van der Waals surface area contributed by atoms with Gasteiger partial charge in [-0.2, -0.15) is 0 Å². The predicted octanol–water partition coefficient (Wildman–Crippen LogP) is 5.85. The van der Waals surface area contributed by atoms with E-state index in [1.807, 2.05) is 37.3 Å². The highest BCUT2D eigenvalue weighted by molar-refractivity contribution is 6.19. The number of ether oxygens (including phenoxy) is 3. The molecule has 1 aromatic carbocycles. The normalized spacial score (nSPS) is 27.7. The molecule has 0 amide bonds. The van der Waals surface area contributed by atoms with Gasteiger partial charge in [-0.3, -0.25) is 4.79 Å². The fourth-order valence-corrected chi connectivity index (χ4v) is 5.33. The summed E-state index contributed by atoms with van der Waals surface area (Å²) < 4.78 is 17.1. The highest BCUT2D eigenvalue weighted by Gasteiger charge is 2.43. The van der Waals surface area contributed by atoms with Crippen LogP contribution in [0.2, 0.25) is 0 Å². The number of hydrogen-bond donors (Lipinski definition) is 0. The predicted molar refractivity (Wildman–Crippen MR) is 129 cm³/mol. The Morgan fingerprint density at radius 1 is 1.15 bits per heavy atom. The first kappa shape index (κ1) is 25.2. The largest absolute Gasteiger partial charge is 0.497 e. The molecule has 0 saturated heterocycles. The molecule has 2 aliphatic rings. The Labute approximate surface area is 198 Å². The Kier molecular flexibility index (Phi) is 7.84. The van der Waals surface area contributed by atoms with Crippen LogP contribution < -0.4 is 4.74 Å². The third-order valence-corrected chi connectivity index (χ3v) is 7.24. The molecule has 0 saturated carbocycles. The summed E-state index contributed by atoms with van der Waals surface area (Å²) in [7, 11) is 3.36. The van der Waals surface area contributed by atoms with Gasteiger partial charge in [0.2, 0.25) is 0 Å². The van der Waals surface area contributed by atoms with Gasteiger partial charge in [-0.1, -0.05) is 58.9 Å². The Hall–Kier alpha value is -2.40. The van der Waals surface area contributed by atoms with Gasteiger partial charge in [-0.15, -0.1) is 0 Å². The molecule has 0 spiro atoms. The maximum Gasteiger partial charge on any atom is 0.342 e. The number of hydrogen-bond acceptors (Lipinski definition) is 5. The van der Waals surface area contributed by atoms with Gasteiger partial charge in [-0.05, 0) is 53.9 Å². The third-order valence-electron chi connectivity index (χ3n) is 7.24. The quantitative estimate of drug-likeness (QED) is 0.382. The average molecular weight is 455 g/mol. The molecule has 0 aromatic heterocycles. The summed E-state index contributed by atoms with van der Waals surface area (Å²) in [5, 5.41) is 0. The lowest BCUT2D eigenvalue weighted by Gasteiger charge is -2.38. The number of esters is 1. The molecule has 1 heterocycles. The van der Waals surface area contributed by atoms with Crippen molar-refractivity contribution in [3.63, 3.8) is 0 Å². The molecule has 5 nitrogen and oxygen atoms in total. The molecule has 1 aliphatic carbocycles. The van der Waals surface area contributed by atoms with Crippen LogP contribution in [-0.2, 0) is 19.1 Å². The van der Waals surface area contributed by atoms with Crippen LogP contribution >= 0.6 is 0 Å². The smallest absolute Gasteiger partial charge is 0.342 e. The van der Waals surface area contributed by atoms with Gasteiger partial charge in [0.1, 0.15) is 17.4 Å². The van der Waals surface area contributed by atoms with E-state index in [4.69, 9.17) is 14.2 Å². The van der Waals surface area contributed by atoms with Crippen molar-refractivity contribution in [2.45, 2.75) is 66.1 Å². The number of allylic oxidation sites excluding steroid dienone is 2. The van der Waals surface area contributed by atoms with Gasteiger partial charge in [0, 0.05) is 18.9 Å². The van der Waals surface area contributed by atoms with Crippen LogP contribution in [0.4, 0.5) is 0 Å². The van der Waals surface area contributed by atoms with Crippen LogP contribution in [0.25, 0.3) is 0 Å². The van der Waals surface area contributed by atoms with E-state index in [0.717, 1.165) is 36.1 Å². The SMILES string of the molecule is COc1cccc([C@H](CC[C@H](C)[C@H]2OC(=O)C3=C(/C=C\[C@@H]2C)C(C)(C)C[C@@H](C)C3=O)OC)c1. The van der Waals surface area contributed by atoms with Crippen molar-refractivity contribution in [1.82, 2.24) is 0 Å². The molecule has 3 rings (SSSR count). The van der Waals surface area contributed by atoms with Gasteiger partial charge >= 0.3 is 5.97 Å². The number of rotatable bonds is 7. The standard InChI is InChI=1S/C28H38O5/c1-17-11-13-22-24(25(29)19(3)16-28(22,4)5)27(30)33-26(17)18(2)12-14-23(32-7)20-9-8-10-21(15-20)31-6/h8-11,13,15,17-19,23,26H,12,14,16H2,1-7H3/b13-11-/t17-,18-,19+,23-,26-/m0/s1. The molecule has 5 heteroatoms. The fourth-order valence-electron chi connectivity index (χ4n) is 5.33. The molecule has 0 radical (unpaired) electrons. The average Bonchev–Trinajstić information content (AvgIpc) is 2.77. The maximum absolute atomic E-state index is 13.2. The Morgan fingerprint density at radius 3 is 2.55 bits per heavy atom. The van der Waals surface area contributed by atoms with E-state index in [9.17, 15) is 9.59 Å². The van der Waals surface area contributed by atoms with E-state index in [1.54, 1.807) is 14.2 Å². The lowest BCUT2D eigenvalue weighted by Crippen LogP contribution is -2.39. The molecule has 33 heavy (non-hydrogen) atoms. The highest BCUT2D eigenvalue weighted by Crippen LogP contribution is 2.44. The van der Waals surface area contributed by atoms with Gasteiger partial charge < -0.3 is 14.2 Å². The molecule has 5 atom stereocenters. The van der Waals surface area contributed by atoms with Crippen LogP contribution in [0.3, 0.4) is 0 Å². The molecule has 0 fully saturated rings. The first-order valence-corrected chi connectivity index (χ1v) is 11.9. The van der Waals surface area contributed by atoms with Crippen LogP contribution in [0.5, 0.6) is 5.75 Å². The van der Waals surface area contributed by atoms with Crippen LogP contribution in [-0.4, -0.2) is 32.1 Å². The second-order valence-electron chi connectivity index (χ2n) is 10.3. The molecule has 1 aliphatic heterocycles. The lowest BCUT2D eigenvalue weighted by molar-refractivity contribution is -0.151. The number of cyclic esters (lactones) is 1. The summed E-state index contributed by atoms with van der Waals surface area (Å²) in [5.41, 5.74) is 1.88. The first-order valence-electron chi connectivity index (χ1n) is 11.9. The van der Waals surface area contributed by atoms with Crippen molar-refractivity contribution in [3.8, 4) is 5.75 Å². The minimum atomic E-state index is -0.473. The Balaban J connectivity index is 1.76. The van der Waals surface area contributed by atoms with E-state index in [-0.39, 0.29) is 46.7 Å². The lowest BCUT2D eigenvalue weighted by atomic mass is 9.67. The number of carbonyl (C=O) groups excluding carboxylic acids is 2. The summed E-state index contributed by atoms with van der Waals surface area (Å²) in [6, 6.07) is 7.90. The van der Waals surface area contributed by atoms with E-state index < -0.39 is 5.97 Å². The number of carbonyl (C=O) groups is 2. The van der Waals surface area contributed by atoms with E-state index in [0.29, 0.717) is 0 Å². The van der Waals surface area contributed by atoms with Gasteiger partial charge in [0.05, 0.1) is 13.2 Å². The van der Waals surface area contributed by atoms with Crippen molar-refractivity contribution in [2.24, 2.45) is 23.2 Å². The Morgan fingerprint density at radius 2 is 1.88 bits per heavy atom. The van der Waals surface area contributed by atoms with Crippen molar-refractivity contribution in [1.29, 1.82) is 0 Å². The molecule has 1 aromatic rings. The van der Waals surface area contributed by atoms with E-state index in [2.05, 4.69) is 33.8 Å². The molecular formula is C28H38O5. The number of ketones is 1. The molecule has 0 unspecified atom stereocenters. The highest BCUT2D eigenvalue weighted by atomic mass is 16.5. The summed E-state index contributed by atoms with van der Waals surface area (Å²) in [5.74, 6) is 0.187. The van der Waals surface area contributed by atoms with E-state index in [1.165, 1.54) is 0 Å². The minimum absolute atomic E-state index is 0.0427. The summed E-state index contributed by atoms with van der Waals surface area (Å²) in [4.78, 5) is 26.1. The van der Waals surface area contributed by atoms with E-state index >= 15 is 0 Å². The number of Topliss-reactive ketones (excluding diaryl/α,β-unsaturated/α-hetero) is 1. The second-order valence-corrected chi connectivity index (χ2v) is 10.3. The number of methoxy groups -OCH3 is 2. The Bertz CT molecular complexity index is 941. The summed E-state index contributed by atoms with van der Waals surface area (Å²) in [6.07, 6.45) is 6.05. The zero-order chi connectivity index (χ0) is 24.3. The van der Waals surface area contributed by atoms with Gasteiger partial charge in [0.15, 0.2) is 5.78 Å². The van der Waals surface area contributed by atoms with Crippen LogP contribution in [0.15, 0.2) is 47.6 Å². The van der Waals surface area contributed by atoms with Crippen LogP contribution in [0.1, 0.15) is 65.5 Å². The van der Waals surface area contributed by atoms with Crippen molar-refractivity contribution in [2.75, 3.05) is 14.2 Å². The second kappa shape index (κ2) is 10.3. The van der Waals surface area contributed by atoms with Gasteiger partial charge in [-0.25, -0.2) is 4.79 Å². The zero-order valence-electron chi connectivity index (χ0n) is 21.0. The minimum Gasteiger partial charge on any atom is -0.497 e. The zero-order valence-corrected chi connectivity index (χ0v) is 21.0.